The second-order valence-electron chi connectivity index (χ2n) is 6.40. The fraction of sp³-hybridized carbons (Fsp3) is 0.944. The lowest BCUT2D eigenvalue weighted by Gasteiger charge is -2.22. The standard InChI is InChI=1S/C18H35NOS/c1-2-3-4-5-6-7-8-9-10-11-12-18(20)15-17-16-21-14-13-19-17/h17,19H,2-16H2,1H3. The molecule has 1 unspecified atom stereocenters. The van der Waals surface area contributed by atoms with Crippen LogP contribution in [0.3, 0.4) is 0 Å². The molecule has 21 heavy (non-hydrogen) atoms. The van der Waals surface area contributed by atoms with Crippen molar-refractivity contribution in [3.63, 3.8) is 0 Å². The number of ketones is 1. The fourth-order valence-corrected chi connectivity index (χ4v) is 3.89. The van der Waals surface area contributed by atoms with E-state index in [1.54, 1.807) is 0 Å². The van der Waals surface area contributed by atoms with Gasteiger partial charge in [0, 0.05) is 36.9 Å². The van der Waals surface area contributed by atoms with E-state index in [2.05, 4.69) is 12.2 Å². The zero-order valence-electron chi connectivity index (χ0n) is 14.0. The number of nitrogens with one attached hydrogen (secondary N) is 1. The van der Waals surface area contributed by atoms with Gasteiger partial charge in [-0.3, -0.25) is 4.79 Å². The first-order chi connectivity index (χ1) is 10.3. The van der Waals surface area contributed by atoms with Gasteiger partial charge in [0.2, 0.25) is 0 Å². The molecule has 1 N–H and O–H groups in total. The average Bonchev–Trinajstić information content (AvgIpc) is 2.50. The highest BCUT2D eigenvalue weighted by Gasteiger charge is 2.16. The van der Waals surface area contributed by atoms with E-state index in [0.29, 0.717) is 11.8 Å². The maximum Gasteiger partial charge on any atom is 0.134 e. The van der Waals surface area contributed by atoms with Gasteiger partial charge >= 0.3 is 0 Å². The molecule has 1 rings (SSSR count). The summed E-state index contributed by atoms with van der Waals surface area (Å²) in [5.41, 5.74) is 0. The summed E-state index contributed by atoms with van der Waals surface area (Å²) in [6, 6.07) is 0.444. The van der Waals surface area contributed by atoms with Gasteiger partial charge in [0.15, 0.2) is 0 Å². The molecule has 0 bridgehead atoms. The van der Waals surface area contributed by atoms with Gasteiger partial charge in [-0.2, -0.15) is 11.8 Å². The molecule has 0 radical (unpaired) electrons. The Morgan fingerprint density at radius 1 is 1.00 bits per heavy atom. The van der Waals surface area contributed by atoms with Crippen molar-refractivity contribution in [2.75, 3.05) is 18.1 Å². The van der Waals surface area contributed by atoms with Crippen LogP contribution in [0.2, 0.25) is 0 Å². The minimum atomic E-state index is 0.444. The number of carbonyl (C=O) groups excluding carboxylic acids is 1. The van der Waals surface area contributed by atoms with Crippen molar-refractivity contribution < 1.29 is 4.79 Å². The molecule has 0 aromatic rings. The summed E-state index contributed by atoms with van der Waals surface area (Å²) in [7, 11) is 0. The highest BCUT2D eigenvalue weighted by Crippen LogP contribution is 2.14. The zero-order valence-corrected chi connectivity index (χ0v) is 14.8. The van der Waals surface area contributed by atoms with Crippen LogP contribution >= 0.6 is 11.8 Å². The molecule has 0 aliphatic carbocycles. The molecule has 1 aliphatic rings. The average molecular weight is 314 g/mol. The summed E-state index contributed by atoms with van der Waals surface area (Å²) >= 11 is 1.97. The molecule has 1 aliphatic heterocycles. The Balaban J connectivity index is 1.81. The molecule has 124 valence electrons. The molecule has 0 amide bonds. The van der Waals surface area contributed by atoms with E-state index in [-0.39, 0.29) is 0 Å². The van der Waals surface area contributed by atoms with Gasteiger partial charge in [-0.25, -0.2) is 0 Å². The number of hydrogen-bond donors (Lipinski definition) is 1. The van der Waals surface area contributed by atoms with E-state index >= 15 is 0 Å². The van der Waals surface area contributed by atoms with Gasteiger partial charge in [0.1, 0.15) is 5.78 Å². The number of thioether (sulfide) groups is 1. The molecule has 3 heteroatoms. The maximum absolute atomic E-state index is 11.9. The van der Waals surface area contributed by atoms with E-state index in [9.17, 15) is 4.79 Å². The van der Waals surface area contributed by atoms with Crippen molar-refractivity contribution in [2.24, 2.45) is 0 Å². The summed E-state index contributed by atoms with van der Waals surface area (Å²) in [6.07, 6.45) is 15.0. The molecule has 1 heterocycles. The number of unbranched alkanes of at least 4 members (excludes halogenated alkanes) is 9. The SMILES string of the molecule is CCCCCCCCCCCCC(=O)CC1CSCCN1. The fourth-order valence-electron chi connectivity index (χ4n) is 2.94. The molecule has 1 fully saturated rings. The number of carbonyl (C=O) groups is 1. The van der Waals surface area contributed by atoms with E-state index < -0.39 is 0 Å². The van der Waals surface area contributed by atoms with Crippen molar-refractivity contribution in [1.29, 1.82) is 0 Å². The third kappa shape index (κ3) is 11.2. The van der Waals surface area contributed by atoms with Gasteiger partial charge in [-0.1, -0.05) is 64.7 Å². The molecule has 0 spiro atoms. The van der Waals surface area contributed by atoms with E-state index in [0.717, 1.165) is 31.6 Å². The van der Waals surface area contributed by atoms with E-state index in [1.807, 2.05) is 11.8 Å². The summed E-state index contributed by atoms with van der Waals surface area (Å²) in [4.78, 5) is 11.9. The van der Waals surface area contributed by atoms with Crippen LogP contribution in [0, 0.1) is 0 Å². The van der Waals surface area contributed by atoms with Crippen LogP contribution in [0.5, 0.6) is 0 Å². The monoisotopic (exact) mass is 313 g/mol. The molecule has 0 aromatic carbocycles. The molecular weight excluding hydrogens is 278 g/mol. The van der Waals surface area contributed by atoms with Gasteiger partial charge in [-0.05, 0) is 6.42 Å². The first-order valence-corrected chi connectivity index (χ1v) is 10.3. The molecule has 1 atom stereocenters. The lowest BCUT2D eigenvalue weighted by Crippen LogP contribution is -2.38. The molecule has 1 saturated heterocycles. The Labute approximate surface area is 136 Å². The Bertz CT molecular complexity index is 252. The van der Waals surface area contributed by atoms with E-state index in [4.69, 9.17) is 0 Å². The lowest BCUT2D eigenvalue weighted by atomic mass is 10.0. The minimum absolute atomic E-state index is 0.444. The highest BCUT2D eigenvalue weighted by atomic mass is 32.2. The maximum atomic E-state index is 11.9. The second-order valence-corrected chi connectivity index (χ2v) is 7.55. The van der Waals surface area contributed by atoms with Crippen molar-refractivity contribution in [3.8, 4) is 0 Å². The van der Waals surface area contributed by atoms with Crippen LogP contribution in [-0.2, 0) is 4.79 Å². The van der Waals surface area contributed by atoms with Crippen LogP contribution in [-0.4, -0.2) is 29.9 Å². The largest absolute Gasteiger partial charge is 0.312 e. The normalized spacial score (nSPS) is 18.8. The first kappa shape index (κ1) is 19.0. The quantitative estimate of drug-likeness (QED) is 0.487. The molecular formula is C18H35NOS. The summed E-state index contributed by atoms with van der Waals surface area (Å²) in [6.45, 7) is 3.34. The topological polar surface area (TPSA) is 29.1 Å². The van der Waals surface area contributed by atoms with Crippen molar-refractivity contribution in [2.45, 2.75) is 90.0 Å². The van der Waals surface area contributed by atoms with Crippen LogP contribution in [0.25, 0.3) is 0 Å². The van der Waals surface area contributed by atoms with Crippen LogP contribution in [0.15, 0.2) is 0 Å². The predicted molar refractivity (Wildman–Crippen MR) is 95.2 cm³/mol. The molecule has 0 aromatic heterocycles. The number of Topliss-reactive ketones (excluding diaryl/α,β-unsaturated/α-hetero) is 1. The lowest BCUT2D eigenvalue weighted by molar-refractivity contribution is -0.119. The Kier molecular flexibility index (Phi) is 12.3. The van der Waals surface area contributed by atoms with Crippen LogP contribution in [0.1, 0.15) is 84.0 Å². The smallest absolute Gasteiger partial charge is 0.134 e. The van der Waals surface area contributed by atoms with Gasteiger partial charge in [-0.15, -0.1) is 0 Å². The van der Waals surface area contributed by atoms with Crippen molar-refractivity contribution >= 4 is 17.5 Å². The van der Waals surface area contributed by atoms with Gasteiger partial charge in [0.25, 0.3) is 0 Å². The molecule has 2 nitrogen and oxygen atoms in total. The summed E-state index contributed by atoms with van der Waals surface area (Å²) in [5.74, 6) is 2.78. The van der Waals surface area contributed by atoms with Crippen molar-refractivity contribution in [1.82, 2.24) is 5.32 Å². The Morgan fingerprint density at radius 3 is 2.19 bits per heavy atom. The van der Waals surface area contributed by atoms with Crippen LogP contribution in [0.4, 0.5) is 0 Å². The summed E-state index contributed by atoms with van der Waals surface area (Å²) in [5, 5.41) is 3.45. The second kappa shape index (κ2) is 13.6. The molecule has 0 saturated carbocycles. The van der Waals surface area contributed by atoms with Crippen LogP contribution < -0.4 is 5.32 Å². The van der Waals surface area contributed by atoms with Gasteiger partial charge in [0.05, 0.1) is 0 Å². The van der Waals surface area contributed by atoms with E-state index in [1.165, 1.54) is 63.5 Å². The minimum Gasteiger partial charge on any atom is -0.312 e. The third-order valence-corrected chi connectivity index (χ3v) is 5.41. The van der Waals surface area contributed by atoms with Crippen molar-refractivity contribution in [3.05, 3.63) is 0 Å². The first-order valence-electron chi connectivity index (χ1n) is 9.15. The van der Waals surface area contributed by atoms with Gasteiger partial charge < -0.3 is 5.32 Å². The zero-order chi connectivity index (χ0) is 15.2. The predicted octanol–water partition coefficient (Wildman–Crippen LogP) is 4.96. The number of rotatable bonds is 13. The third-order valence-electron chi connectivity index (χ3n) is 4.28. The Morgan fingerprint density at radius 2 is 1.62 bits per heavy atom. The highest BCUT2D eigenvalue weighted by molar-refractivity contribution is 7.99. The Hall–Kier alpha value is -0.0200. The summed E-state index contributed by atoms with van der Waals surface area (Å²) < 4.78 is 0. The number of hydrogen-bond acceptors (Lipinski definition) is 3.